The number of likely N-dealkylation sites (N-methyl/N-ethyl adjacent to an activating group) is 1. The van der Waals surface area contributed by atoms with Crippen LogP contribution < -0.4 is 11.5 Å². The summed E-state index contributed by atoms with van der Waals surface area (Å²) in [7, 11) is -3.98. The van der Waals surface area contributed by atoms with Crippen LogP contribution in [0.2, 0.25) is 0 Å². The van der Waals surface area contributed by atoms with Crippen LogP contribution in [0.25, 0.3) is 0 Å². The predicted octanol–water partition coefficient (Wildman–Crippen LogP) is -0.0962. The summed E-state index contributed by atoms with van der Waals surface area (Å²) in [6, 6.07) is 2.97. The molecule has 1 amide bonds. The maximum absolute atomic E-state index is 13.1. The number of primary amides is 1. The van der Waals surface area contributed by atoms with Crippen LogP contribution in [0.5, 0.6) is 0 Å². The monoisotopic (exact) mass is 275 g/mol. The van der Waals surface area contributed by atoms with Crippen molar-refractivity contribution < 1.29 is 17.6 Å². The van der Waals surface area contributed by atoms with Crippen molar-refractivity contribution in [1.29, 1.82) is 0 Å². The molecule has 0 spiro atoms. The van der Waals surface area contributed by atoms with Gasteiger partial charge < -0.3 is 11.5 Å². The number of halogens is 1. The Labute approximate surface area is 104 Å². The average Bonchev–Trinajstić information content (AvgIpc) is 2.24. The number of nitrogens with zero attached hydrogens (tertiary/aromatic N) is 1. The minimum absolute atomic E-state index is 0.0105. The third-order valence-corrected chi connectivity index (χ3v) is 4.11. The van der Waals surface area contributed by atoms with Crippen LogP contribution in [0.1, 0.15) is 6.92 Å². The van der Waals surface area contributed by atoms with Crippen LogP contribution in [-0.2, 0) is 14.8 Å². The number of sulfonamides is 1. The van der Waals surface area contributed by atoms with Crippen LogP contribution in [0.3, 0.4) is 0 Å². The smallest absolute Gasteiger partial charge is 0.243 e. The van der Waals surface area contributed by atoms with E-state index >= 15 is 0 Å². The third-order valence-electron chi connectivity index (χ3n) is 2.22. The number of rotatable bonds is 5. The van der Waals surface area contributed by atoms with Crippen molar-refractivity contribution >= 4 is 21.6 Å². The molecule has 0 aliphatic rings. The van der Waals surface area contributed by atoms with Gasteiger partial charge in [0.2, 0.25) is 15.9 Å². The van der Waals surface area contributed by atoms with Gasteiger partial charge in [0.1, 0.15) is 5.82 Å². The fourth-order valence-corrected chi connectivity index (χ4v) is 2.90. The molecule has 0 saturated heterocycles. The lowest BCUT2D eigenvalue weighted by atomic mass is 10.3. The quantitative estimate of drug-likeness (QED) is 0.732. The number of carbonyl (C=O) groups excluding carboxylic acids is 1. The number of carbonyl (C=O) groups is 1. The van der Waals surface area contributed by atoms with E-state index in [2.05, 4.69) is 0 Å². The fourth-order valence-electron chi connectivity index (χ4n) is 1.42. The van der Waals surface area contributed by atoms with E-state index in [4.69, 9.17) is 11.5 Å². The van der Waals surface area contributed by atoms with E-state index in [1.807, 2.05) is 0 Å². The Kier molecular flexibility index (Phi) is 4.25. The highest BCUT2D eigenvalue weighted by Crippen LogP contribution is 2.19. The van der Waals surface area contributed by atoms with Gasteiger partial charge in [-0.05, 0) is 18.2 Å². The molecule has 100 valence electrons. The lowest BCUT2D eigenvalue weighted by molar-refractivity contribution is -0.118. The van der Waals surface area contributed by atoms with E-state index in [1.54, 1.807) is 6.92 Å². The molecule has 0 saturated carbocycles. The van der Waals surface area contributed by atoms with Crippen LogP contribution in [0.4, 0.5) is 10.1 Å². The Morgan fingerprint density at radius 1 is 1.39 bits per heavy atom. The van der Waals surface area contributed by atoms with Gasteiger partial charge in [0.25, 0.3) is 0 Å². The number of anilines is 1. The summed E-state index contributed by atoms with van der Waals surface area (Å²) in [5.74, 6) is -1.55. The van der Waals surface area contributed by atoms with Gasteiger partial charge in [0.15, 0.2) is 0 Å². The lowest BCUT2D eigenvalue weighted by Crippen LogP contribution is -2.38. The van der Waals surface area contributed by atoms with Crippen molar-refractivity contribution in [3.63, 3.8) is 0 Å². The minimum Gasteiger partial charge on any atom is -0.399 e. The highest BCUT2D eigenvalue weighted by molar-refractivity contribution is 7.89. The van der Waals surface area contributed by atoms with Crippen LogP contribution >= 0.6 is 0 Å². The summed E-state index contributed by atoms with van der Waals surface area (Å²) in [4.78, 5) is 10.5. The third kappa shape index (κ3) is 3.17. The van der Waals surface area contributed by atoms with Crippen molar-refractivity contribution in [2.45, 2.75) is 11.8 Å². The van der Waals surface area contributed by atoms with Gasteiger partial charge in [-0.1, -0.05) is 6.92 Å². The molecule has 0 heterocycles. The van der Waals surface area contributed by atoms with Crippen molar-refractivity contribution in [2.24, 2.45) is 5.73 Å². The molecule has 0 unspecified atom stereocenters. The first-order chi connectivity index (χ1) is 8.27. The number of nitrogen functional groups attached to an aromatic ring is 1. The first-order valence-corrected chi connectivity index (χ1v) is 6.56. The first-order valence-electron chi connectivity index (χ1n) is 5.12. The van der Waals surface area contributed by atoms with Gasteiger partial charge in [-0.25, -0.2) is 12.8 Å². The Morgan fingerprint density at radius 2 is 2.00 bits per heavy atom. The fraction of sp³-hybridized carbons (Fsp3) is 0.300. The van der Waals surface area contributed by atoms with E-state index in [9.17, 15) is 17.6 Å². The molecule has 0 atom stereocenters. The number of hydrogen-bond donors (Lipinski definition) is 2. The summed E-state index contributed by atoms with van der Waals surface area (Å²) < 4.78 is 38.2. The predicted molar refractivity (Wildman–Crippen MR) is 64.4 cm³/mol. The van der Waals surface area contributed by atoms with Crippen LogP contribution in [0, 0.1) is 5.82 Å². The van der Waals surface area contributed by atoms with Gasteiger partial charge >= 0.3 is 0 Å². The first kappa shape index (κ1) is 14.4. The molecule has 0 radical (unpaired) electrons. The van der Waals surface area contributed by atoms with E-state index in [0.717, 1.165) is 22.5 Å². The molecule has 8 heteroatoms. The van der Waals surface area contributed by atoms with Gasteiger partial charge in [-0.15, -0.1) is 0 Å². The normalized spacial score (nSPS) is 11.7. The molecule has 0 aliphatic heterocycles. The summed E-state index contributed by atoms with van der Waals surface area (Å²) in [6.07, 6.45) is 0. The zero-order valence-electron chi connectivity index (χ0n) is 9.76. The molecule has 18 heavy (non-hydrogen) atoms. The molecule has 6 nitrogen and oxygen atoms in total. The van der Waals surface area contributed by atoms with Crippen molar-refractivity contribution in [2.75, 3.05) is 18.8 Å². The highest BCUT2D eigenvalue weighted by atomic mass is 32.2. The molecule has 0 fully saturated rings. The molecule has 4 N–H and O–H groups in total. The van der Waals surface area contributed by atoms with Crippen LogP contribution in [0.15, 0.2) is 23.1 Å². The number of nitrogens with two attached hydrogens (primary N) is 2. The van der Waals surface area contributed by atoms with Crippen LogP contribution in [-0.4, -0.2) is 31.7 Å². The zero-order valence-corrected chi connectivity index (χ0v) is 10.6. The molecular weight excluding hydrogens is 261 g/mol. The average molecular weight is 275 g/mol. The Balaban J connectivity index is 3.22. The van der Waals surface area contributed by atoms with Gasteiger partial charge in [-0.2, -0.15) is 4.31 Å². The molecule has 0 aromatic heterocycles. The second-order valence-corrected chi connectivity index (χ2v) is 5.56. The molecule has 1 aromatic rings. The zero-order chi connectivity index (χ0) is 13.9. The Morgan fingerprint density at radius 3 is 2.44 bits per heavy atom. The van der Waals surface area contributed by atoms with Gasteiger partial charge in [0, 0.05) is 12.2 Å². The molecule has 1 aromatic carbocycles. The van der Waals surface area contributed by atoms with E-state index < -0.39 is 28.3 Å². The minimum atomic E-state index is -3.98. The summed E-state index contributed by atoms with van der Waals surface area (Å²) in [5.41, 5.74) is 10.3. The molecule has 0 bridgehead atoms. The summed E-state index contributed by atoms with van der Waals surface area (Å²) >= 11 is 0. The maximum Gasteiger partial charge on any atom is 0.243 e. The standard InChI is InChI=1S/C10H14FN3O3S/c1-2-14(6-10(13)15)18(16,17)9-4-7(11)3-8(12)5-9/h3-5H,2,6,12H2,1H3,(H2,13,15). The Hall–Kier alpha value is -1.67. The Bertz CT molecular complexity index is 539. The molecular formula is C10H14FN3O3S. The molecule has 0 aliphatic carbocycles. The van der Waals surface area contributed by atoms with E-state index in [1.165, 1.54) is 0 Å². The van der Waals surface area contributed by atoms with Gasteiger partial charge in [-0.3, -0.25) is 4.79 Å². The molecule has 1 rings (SSSR count). The van der Waals surface area contributed by atoms with Crippen molar-refractivity contribution in [3.05, 3.63) is 24.0 Å². The largest absolute Gasteiger partial charge is 0.399 e. The second-order valence-electron chi connectivity index (χ2n) is 3.62. The maximum atomic E-state index is 13.1. The second kappa shape index (κ2) is 5.32. The number of benzene rings is 1. The lowest BCUT2D eigenvalue weighted by Gasteiger charge is -2.19. The summed E-state index contributed by atoms with van der Waals surface area (Å²) in [5, 5.41) is 0. The summed E-state index contributed by atoms with van der Waals surface area (Å²) in [6.45, 7) is 1.13. The van der Waals surface area contributed by atoms with Crippen molar-refractivity contribution in [3.8, 4) is 0 Å². The number of amides is 1. The topological polar surface area (TPSA) is 106 Å². The van der Waals surface area contributed by atoms with E-state index in [0.29, 0.717) is 0 Å². The van der Waals surface area contributed by atoms with Crippen molar-refractivity contribution in [1.82, 2.24) is 4.31 Å². The van der Waals surface area contributed by atoms with Gasteiger partial charge in [0.05, 0.1) is 11.4 Å². The highest BCUT2D eigenvalue weighted by Gasteiger charge is 2.25. The SMILES string of the molecule is CCN(CC(N)=O)S(=O)(=O)c1cc(N)cc(F)c1. The number of hydrogen-bond acceptors (Lipinski definition) is 4. The van der Waals surface area contributed by atoms with E-state index in [-0.39, 0.29) is 17.1 Å².